The van der Waals surface area contributed by atoms with Gasteiger partial charge in [-0.25, -0.2) is 5.01 Å². The molecule has 0 unspecified atom stereocenters. The first-order valence-corrected chi connectivity index (χ1v) is 10.7. The first kappa shape index (κ1) is 19.3. The fraction of sp³-hybridized carbons (Fsp3) is 0.185. The molecule has 0 saturated heterocycles. The van der Waals surface area contributed by atoms with E-state index in [-0.39, 0.29) is 17.9 Å². The normalized spacial score (nSPS) is 22.0. The van der Waals surface area contributed by atoms with Crippen LogP contribution in [0.5, 0.6) is 0 Å². The number of carbonyl (C=O) groups is 1. The zero-order chi connectivity index (χ0) is 21.0. The van der Waals surface area contributed by atoms with E-state index in [1.165, 1.54) is 11.1 Å². The Labute approximate surface area is 182 Å². The van der Waals surface area contributed by atoms with E-state index in [4.69, 9.17) is 9.52 Å². The van der Waals surface area contributed by atoms with E-state index in [0.717, 1.165) is 30.5 Å². The Kier molecular flexibility index (Phi) is 5.36. The number of benzene rings is 2. The van der Waals surface area contributed by atoms with E-state index >= 15 is 0 Å². The summed E-state index contributed by atoms with van der Waals surface area (Å²) in [5.41, 5.74) is 4.56. The van der Waals surface area contributed by atoms with Crippen molar-refractivity contribution in [1.29, 1.82) is 0 Å². The number of furan rings is 1. The van der Waals surface area contributed by atoms with Crippen LogP contribution >= 0.6 is 0 Å². The van der Waals surface area contributed by atoms with Crippen LogP contribution in [0.3, 0.4) is 0 Å². The van der Waals surface area contributed by atoms with Crippen molar-refractivity contribution in [2.24, 2.45) is 11.0 Å². The van der Waals surface area contributed by atoms with Gasteiger partial charge in [-0.3, -0.25) is 4.79 Å². The minimum Gasteiger partial charge on any atom is -0.465 e. The quantitative estimate of drug-likeness (QED) is 0.489. The molecule has 4 nitrogen and oxygen atoms in total. The topological polar surface area (TPSA) is 45.8 Å². The van der Waals surface area contributed by atoms with Gasteiger partial charge in [0.05, 0.1) is 18.0 Å². The van der Waals surface area contributed by atoms with Crippen molar-refractivity contribution in [2.45, 2.75) is 25.3 Å². The fourth-order valence-corrected chi connectivity index (χ4v) is 4.53. The summed E-state index contributed by atoms with van der Waals surface area (Å²) >= 11 is 0. The average molecular weight is 409 g/mol. The summed E-state index contributed by atoms with van der Waals surface area (Å²) in [6.07, 6.45) is 10.2. The van der Waals surface area contributed by atoms with Crippen LogP contribution < -0.4 is 0 Å². The molecule has 5 rings (SSSR count). The number of hydrogen-bond acceptors (Lipinski definition) is 3. The number of hydrogen-bond donors (Lipinski definition) is 0. The van der Waals surface area contributed by atoms with E-state index in [9.17, 15) is 4.79 Å². The Morgan fingerprint density at radius 3 is 2.52 bits per heavy atom. The van der Waals surface area contributed by atoms with E-state index in [2.05, 4.69) is 30.3 Å². The summed E-state index contributed by atoms with van der Waals surface area (Å²) in [6.45, 7) is 0. The van der Waals surface area contributed by atoms with Crippen LogP contribution in [0.4, 0.5) is 0 Å². The van der Waals surface area contributed by atoms with Crippen molar-refractivity contribution in [2.75, 3.05) is 0 Å². The van der Waals surface area contributed by atoms with Crippen LogP contribution in [0.25, 0.3) is 12.2 Å². The van der Waals surface area contributed by atoms with Gasteiger partial charge in [0.1, 0.15) is 5.76 Å². The number of fused-ring (bicyclic) bond motifs is 1. The highest BCUT2D eigenvalue weighted by Crippen LogP contribution is 2.44. The maximum Gasteiger partial charge on any atom is 0.267 e. The molecule has 1 aromatic heterocycles. The molecule has 2 heterocycles. The van der Waals surface area contributed by atoms with Gasteiger partial charge in [-0.15, -0.1) is 0 Å². The summed E-state index contributed by atoms with van der Waals surface area (Å²) in [5, 5.41) is 6.56. The summed E-state index contributed by atoms with van der Waals surface area (Å²) in [4.78, 5) is 13.2. The van der Waals surface area contributed by atoms with Gasteiger partial charge in [0.2, 0.25) is 0 Å². The average Bonchev–Trinajstić information content (AvgIpc) is 3.47. The second-order valence-electron chi connectivity index (χ2n) is 7.95. The maximum absolute atomic E-state index is 13.2. The van der Waals surface area contributed by atoms with Gasteiger partial charge in [0.15, 0.2) is 0 Å². The molecule has 1 saturated carbocycles. The SMILES string of the molecule is O=C(/C=C/c1ccco1)N1N=C2/C(=C/c3ccccc3)CCC[C@H]2[C@@H]1c1ccccc1. The van der Waals surface area contributed by atoms with Gasteiger partial charge in [-0.05, 0) is 60.2 Å². The third-order valence-electron chi connectivity index (χ3n) is 5.94. The Morgan fingerprint density at radius 1 is 1.00 bits per heavy atom. The van der Waals surface area contributed by atoms with Crippen LogP contribution in [-0.4, -0.2) is 16.6 Å². The third kappa shape index (κ3) is 4.02. The number of rotatable bonds is 4. The molecule has 3 aromatic rings. The third-order valence-corrected chi connectivity index (χ3v) is 5.94. The van der Waals surface area contributed by atoms with E-state index in [1.54, 1.807) is 23.4 Å². The van der Waals surface area contributed by atoms with Crippen LogP contribution in [0, 0.1) is 5.92 Å². The predicted octanol–water partition coefficient (Wildman–Crippen LogP) is 6.12. The predicted molar refractivity (Wildman–Crippen MR) is 123 cm³/mol. The highest BCUT2D eigenvalue weighted by molar-refractivity contribution is 6.08. The molecule has 2 aliphatic rings. The monoisotopic (exact) mass is 408 g/mol. The number of hydrazone groups is 1. The van der Waals surface area contributed by atoms with Crippen LogP contribution in [-0.2, 0) is 4.79 Å². The molecule has 0 bridgehead atoms. The molecular formula is C27H24N2O2. The Morgan fingerprint density at radius 2 is 1.77 bits per heavy atom. The maximum atomic E-state index is 13.2. The summed E-state index contributed by atoms with van der Waals surface area (Å²) in [5.74, 6) is 0.719. The minimum absolute atomic E-state index is 0.0931. The van der Waals surface area contributed by atoms with Crippen molar-refractivity contribution < 1.29 is 9.21 Å². The molecule has 1 aliphatic heterocycles. The molecule has 1 amide bonds. The van der Waals surface area contributed by atoms with Crippen molar-refractivity contribution in [3.05, 3.63) is 108 Å². The molecule has 154 valence electrons. The molecule has 31 heavy (non-hydrogen) atoms. The number of nitrogens with zero attached hydrogens (tertiary/aromatic N) is 2. The Hall–Kier alpha value is -3.66. The van der Waals surface area contributed by atoms with Crippen molar-refractivity contribution in [3.8, 4) is 0 Å². The summed E-state index contributed by atoms with van der Waals surface area (Å²) < 4.78 is 5.33. The lowest BCUT2D eigenvalue weighted by Gasteiger charge is -2.29. The number of amides is 1. The highest BCUT2D eigenvalue weighted by atomic mass is 16.3. The van der Waals surface area contributed by atoms with Gasteiger partial charge in [0.25, 0.3) is 5.91 Å². The van der Waals surface area contributed by atoms with Gasteiger partial charge in [0, 0.05) is 12.0 Å². The molecule has 0 N–H and O–H groups in total. The lowest BCUT2D eigenvalue weighted by atomic mass is 9.77. The standard InChI is InChI=1S/C27H24N2O2/c30-25(17-16-23-14-8-18-31-23)29-27(21-11-5-2-6-12-21)24-15-7-13-22(26(24)28-29)19-20-9-3-1-4-10-20/h1-6,8-12,14,16-19,24,27H,7,13,15H2/b17-16+,22-19+/t24-,27+/m1/s1. The second-order valence-corrected chi connectivity index (χ2v) is 7.95. The van der Waals surface area contributed by atoms with Crippen molar-refractivity contribution in [1.82, 2.24) is 5.01 Å². The molecule has 0 radical (unpaired) electrons. The Balaban J connectivity index is 1.52. The summed E-state index contributed by atoms with van der Waals surface area (Å²) in [6, 6.07) is 24.1. The van der Waals surface area contributed by atoms with Gasteiger partial charge in [-0.1, -0.05) is 60.7 Å². The van der Waals surface area contributed by atoms with Crippen molar-refractivity contribution >= 4 is 23.8 Å². The van der Waals surface area contributed by atoms with Crippen LogP contribution in [0.2, 0.25) is 0 Å². The summed E-state index contributed by atoms with van der Waals surface area (Å²) in [7, 11) is 0. The molecule has 1 aliphatic carbocycles. The molecule has 1 fully saturated rings. The zero-order valence-corrected chi connectivity index (χ0v) is 17.2. The van der Waals surface area contributed by atoms with E-state index in [0.29, 0.717) is 5.76 Å². The van der Waals surface area contributed by atoms with Crippen molar-refractivity contribution in [3.63, 3.8) is 0 Å². The van der Waals surface area contributed by atoms with Gasteiger partial charge >= 0.3 is 0 Å². The zero-order valence-electron chi connectivity index (χ0n) is 17.2. The lowest BCUT2D eigenvalue weighted by molar-refractivity contribution is -0.128. The highest BCUT2D eigenvalue weighted by Gasteiger charge is 2.43. The molecule has 2 atom stereocenters. The molecular weight excluding hydrogens is 384 g/mol. The van der Waals surface area contributed by atoms with Crippen LogP contribution in [0.1, 0.15) is 42.2 Å². The number of allylic oxidation sites excluding steroid dienone is 1. The molecule has 0 spiro atoms. The largest absolute Gasteiger partial charge is 0.465 e. The molecule has 2 aromatic carbocycles. The van der Waals surface area contributed by atoms with Crippen LogP contribution in [0.15, 0.2) is 100 Å². The second kappa shape index (κ2) is 8.60. The fourth-order valence-electron chi connectivity index (χ4n) is 4.53. The first-order valence-electron chi connectivity index (χ1n) is 10.7. The lowest BCUT2D eigenvalue weighted by Crippen LogP contribution is -2.30. The Bertz CT molecular complexity index is 1130. The van der Waals surface area contributed by atoms with Gasteiger partial charge < -0.3 is 4.42 Å². The molecule has 4 heteroatoms. The number of carbonyl (C=O) groups excluding carboxylic acids is 1. The first-order chi connectivity index (χ1) is 15.3. The minimum atomic E-state index is -0.133. The van der Waals surface area contributed by atoms with Gasteiger partial charge in [-0.2, -0.15) is 5.10 Å². The smallest absolute Gasteiger partial charge is 0.267 e. The van der Waals surface area contributed by atoms with E-state index < -0.39 is 0 Å². The van der Waals surface area contributed by atoms with E-state index in [1.807, 2.05) is 48.5 Å².